The summed E-state index contributed by atoms with van der Waals surface area (Å²) in [5.41, 5.74) is 1.76. The molecule has 1 atom stereocenters. The second-order valence-electron chi connectivity index (χ2n) is 5.41. The van der Waals surface area contributed by atoms with Crippen LogP contribution in [-0.2, 0) is 11.4 Å². The normalized spacial score (nSPS) is 12.0. The molecule has 0 saturated carbocycles. The van der Waals surface area contributed by atoms with Gasteiger partial charge in [0.15, 0.2) is 0 Å². The van der Waals surface area contributed by atoms with Gasteiger partial charge in [-0.2, -0.15) is 0 Å². The zero-order valence-electron chi connectivity index (χ0n) is 13.5. The summed E-state index contributed by atoms with van der Waals surface area (Å²) < 4.78 is 10.8. The second kappa shape index (κ2) is 7.65. The smallest absolute Gasteiger partial charge is 0.325 e. The third-order valence-electron chi connectivity index (χ3n) is 3.51. The van der Waals surface area contributed by atoms with Gasteiger partial charge in [-0.15, -0.1) is 0 Å². The van der Waals surface area contributed by atoms with Gasteiger partial charge in [-0.3, -0.25) is 9.69 Å². The number of carboxylic acids is 1. The number of nitrogens with zero attached hydrogens (tertiary/aromatic N) is 1. The molecule has 0 spiro atoms. The molecule has 0 aliphatic carbocycles. The van der Waals surface area contributed by atoms with Gasteiger partial charge in [0.25, 0.3) is 0 Å². The van der Waals surface area contributed by atoms with Gasteiger partial charge in [0, 0.05) is 0 Å². The first kappa shape index (κ1) is 16.8. The van der Waals surface area contributed by atoms with Gasteiger partial charge in [0.05, 0.1) is 7.11 Å². The summed E-state index contributed by atoms with van der Waals surface area (Å²) in [5.74, 6) is 0.635. The Balaban J connectivity index is 2.00. The van der Waals surface area contributed by atoms with Crippen molar-refractivity contribution in [2.24, 2.45) is 0 Å². The molecular formula is C18H21NO4. The van der Waals surface area contributed by atoms with E-state index in [1.165, 1.54) is 0 Å². The largest absolute Gasteiger partial charge is 0.497 e. The van der Waals surface area contributed by atoms with Gasteiger partial charge in [-0.25, -0.2) is 0 Å². The average molecular weight is 315 g/mol. The van der Waals surface area contributed by atoms with E-state index in [0.717, 1.165) is 16.9 Å². The lowest BCUT2D eigenvalue weighted by Gasteiger charge is -2.20. The first-order valence-corrected chi connectivity index (χ1v) is 7.26. The van der Waals surface area contributed by atoms with Crippen LogP contribution in [0.25, 0.3) is 0 Å². The molecule has 122 valence electrons. The first-order chi connectivity index (χ1) is 11.0. The topological polar surface area (TPSA) is 59.0 Å². The standard InChI is InChI=1S/C18H21NO4/c1-19(2)17(18(20)21)14-6-10-16(11-7-14)23-12-13-4-8-15(22-3)9-5-13/h4-11,17H,12H2,1-3H3,(H,20,21). The molecule has 2 aromatic rings. The number of ether oxygens (including phenoxy) is 2. The minimum absolute atomic E-state index is 0.444. The van der Waals surface area contributed by atoms with Crippen LogP contribution in [0.15, 0.2) is 48.5 Å². The maximum absolute atomic E-state index is 11.3. The molecule has 5 nitrogen and oxygen atoms in total. The summed E-state index contributed by atoms with van der Waals surface area (Å²) in [6.45, 7) is 0.444. The lowest BCUT2D eigenvalue weighted by Crippen LogP contribution is -2.27. The van der Waals surface area contributed by atoms with Crippen molar-refractivity contribution in [3.05, 3.63) is 59.7 Å². The molecule has 0 heterocycles. The molecule has 0 aliphatic heterocycles. The minimum atomic E-state index is -0.873. The van der Waals surface area contributed by atoms with Crippen LogP contribution in [0.5, 0.6) is 11.5 Å². The molecule has 0 amide bonds. The predicted molar refractivity (Wildman–Crippen MR) is 87.8 cm³/mol. The summed E-state index contributed by atoms with van der Waals surface area (Å²) in [6.07, 6.45) is 0. The monoisotopic (exact) mass is 315 g/mol. The number of carbonyl (C=O) groups is 1. The van der Waals surface area contributed by atoms with Crippen molar-refractivity contribution >= 4 is 5.97 Å². The molecule has 0 bridgehead atoms. The van der Waals surface area contributed by atoms with E-state index < -0.39 is 12.0 Å². The molecule has 0 fully saturated rings. The Morgan fingerprint density at radius 1 is 1.04 bits per heavy atom. The van der Waals surface area contributed by atoms with E-state index in [2.05, 4.69) is 0 Å². The highest BCUT2D eigenvalue weighted by molar-refractivity contribution is 5.75. The Labute approximate surface area is 136 Å². The van der Waals surface area contributed by atoms with E-state index >= 15 is 0 Å². The zero-order chi connectivity index (χ0) is 16.8. The van der Waals surface area contributed by atoms with Crippen LogP contribution < -0.4 is 9.47 Å². The third kappa shape index (κ3) is 4.47. The number of aliphatic carboxylic acids is 1. The van der Waals surface area contributed by atoms with E-state index in [4.69, 9.17) is 9.47 Å². The highest BCUT2D eigenvalue weighted by Gasteiger charge is 2.21. The van der Waals surface area contributed by atoms with Crippen molar-refractivity contribution in [3.63, 3.8) is 0 Å². The maximum Gasteiger partial charge on any atom is 0.325 e. The number of likely N-dealkylation sites (N-methyl/N-ethyl adjacent to an activating group) is 1. The Morgan fingerprint density at radius 3 is 2.09 bits per heavy atom. The molecule has 0 saturated heterocycles. The quantitative estimate of drug-likeness (QED) is 0.851. The molecule has 0 aromatic heterocycles. The van der Waals surface area contributed by atoms with E-state index in [0.29, 0.717) is 12.4 Å². The summed E-state index contributed by atoms with van der Waals surface area (Å²) in [7, 11) is 5.12. The number of benzene rings is 2. The van der Waals surface area contributed by atoms with Gasteiger partial charge in [-0.1, -0.05) is 24.3 Å². The highest BCUT2D eigenvalue weighted by Crippen LogP contribution is 2.22. The van der Waals surface area contributed by atoms with Crippen LogP contribution in [0, 0.1) is 0 Å². The van der Waals surface area contributed by atoms with Crippen LogP contribution >= 0.6 is 0 Å². The number of methoxy groups -OCH3 is 1. The SMILES string of the molecule is COc1ccc(COc2ccc(C(C(=O)O)N(C)C)cc2)cc1. The Kier molecular flexibility index (Phi) is 5.60. The summed E-state index contributed by atoms with van der Waals surface area (Å²) in [5, 5.41) is 9.28. The maximum atomic E-state index is 11.3. The molecule has 2 aromatic carbocycles. The Bertz CT molecular complexity index is 635. The van der Waals surface area contributed by atoms with Crippen LogP contribution in [0.4, 0.5) is 0 Å². The molecule has 23 heavy (non-hydrogen) atoms. The zero-order valence-corrected chi connectivity index (χ0v) is 13.5. The Morgan fingerprint density at radius 2 is 1.61 bits per heavy atom. The van der Waals surface area contributed by atoms with E-state index in [1.54, 1.807) is 50.4 Å². The van der Waals surface area contributed by atoms with Crippen molar-refractivity contribution in [2.45, 2.75) is 12.6 Å². The minimum Gasteiger partial charge on any atom is -0.497 e. The van der Waals surface area contributed by atoms with Crippen molar-refractivity contribution in [1.29, 1.82) is 0 Å². The fraction of sp³-hybridized carbons (Fsp3) is 0.278. The van der Waals surface area contributed by atoms with Crippen LogP contribution in [0.1, 0.15) is 17.2 Å². The van der Waals surface area contributed by atoms with Crippen molar-refractivity contribution < 1.29 is 19.4 Å². The second-order valence-corrected chi connectivity index (χ2v) is 5.41. The van der Waals surface area contributed by atoms with Crippen molar-refractivity contribution in [1.82, 2.24) is 4.90 Å². The van der Waals surface area contributed by atoms with Crippen LogP contribution in [0.3, 0.4) is 0 Å². The number of rotatable bonds is 7. The number of hydrogen-bond acceptors (Lipinski definition) is 4. The summed E-state index contributed by atoms with van der Waals surface area (Å²) >= 11 is 0. The Hall–Kier alpha value is -2.53. The number of hydrogen-bond donors (Lipinski definition) is 1. The van der Waals surface area contributed by atoms with Crippen molar-refractivity contribution in [3.8, 4) is 11.5 Å². The van der Waals surface area contributed by atoms with Crippen LogP contribution in [0.2, 0.25) is 0 Å². The molecule has 1 unspecified atom stereocenters. The molecule has 1 N–H and O–H groups in total. The fourth-order valence-corrected chi connectivity index (χ4v) is 2.30. The molecule has 0 radical (unpaired) electrons. The summed E-state index contributed by atoms with van der Waals surface area (Å²) in [4.78, 5) is 13.0. The third-order valence-corrected chi connectivity index (χ3v) is 3.51. The van der Waals surface area contributed by atoms with Crippen LogP contribution in [-0.4, -0.2) is 37.2 Å². The van der Waals surface area contributed by atoms with Gasteiger partial charge in [0.1, 0.15) is 24.1 Å². The van der Waals surface area contributed by atoms with Gasteiger partial charge < -0.3 is 14.6 Å². The molecule has 0 aliphatic rings. The lowest BCUT2D eigenvalue weighted by atomic mass is 10.1. The fourth-order valence-electron chi connectivity index (χ4n) is 2.30. The van der Waals surface area contributed by atoms with Gasteiger partial charge >= 0.3 is 5.97 Å². The van der Waals surface area contributed by atoms with Crippen molar-refractivity contribution in [2.75, 3.05) is 21.2 Å². The average Bonchev–Trinajstić information content (AvgIpc) is 2.54. The van der Waals surface area contributed by atoms with Gasteiger partial charge in [-0.05, 0) is 49.5 Å². The lowest BCUT2D eigenvalue weighted by molar-refractivity contribution is -0.142. The molecular weight excluding hydrogens is 294 g/mol. The molecule has 5 heteroatoms. The van der Waals surface area contributed by atoms with Gasteiger partial charge in [0.2, 0.25) is 0 Å². The van der Waals surface area contributed by atoms with E-state index in [1.807, 2.05) is 24.3 Å². The highest BCUT2D eigenvalue weighted by atomic mass is 16.5. The summed E-state index contributed by atoms with van der Waals surface area (Å²) in [6, 6.07) is 14.1. The first-order valence-electron chi connectivity index (χ1n) is 7.26. The van der Waals surface area contributed by atoms with E-state index in [-0.39, 0.29) is 0 Å². The van der Waals surface area contributed by atoms with E-state index in [9.17, 15) is 9.90 Å². The molecule has 2 rings (SSSR count). The predicted octanol–water partition coefficient (Wildman–Crippen LogP) is 2.96. The number of carboxylic acid groups (broad SMARTS) is 1.